The highest BCUT2D eigenvalue weighted by molar-refractivity contribution is 7.88. The van der Waals surface area contributed by atoms with Crippen LogP contribution >= 0.6 is 0 Å². The van der Waals surface area contributed by atoms with Crippen LogP contribution in [0.4, 0.5) is 0 Å². The highest BCUT2D eigenvalue weighted by Gasteiger charge is 2.24. The van der Waals surface area contributed by atoms with E-state index >= 15 is 0 Å². The van der Waals surface area contributed by atoms with Gasteiger partial charge >= 0.3 is 0 Å². The molecule has 0 saturated carbocycles. The van der Waals surface area contributed by atoms with E-state index in [1.807, 2.05) is 0 Å². The Bertz CT molecular complexity index is 496. The Morgan fingerprint density at radius 3 is 2.32 bits per heavy atom. The molecule has 0 bridgehead atoms. The third-order valence-corrected chi connectivity index (χ3v) is 5.03. The summed E-state index contributed by atoms with van der Waals surface area (Å²) in [6, 6.07) is 0. The topological polar surface area (TPSA) is 94.1 Å². The highest BCUT2D eigenvalue weighted by atomic mass is 32.2. The summed E-state index contributed by atoms with van der Waals surface area (Å²) < 4.78 is 24.4. The molecule has 1 saturated heterocycles. The van der Waals surface area contributed by atoms with Crippen LogP contribution in [-0.4, -0.2) is 83.1 Å². The maximum absolute atomic E-state index is 11.5. The molecule has 1 rings (SSSR count). The van der Waals surface area contributed by atoms with Crippen molar-refractivity contribution in [2.75, 3.05) is 53.6 Å². The van der Waals surface area contributed by atoms with Crippen molar-refractivity contribution in [2.45, 2.75) is 12.8 Å². The minimum absolute atomic E-state index is 0.0237. The number of likely N-dealkylation sites (N-methyl/N-ethyl adjacent to an activating group) is 1. The Balaban J connectivity index is 2.32. The van der Waals surface area contributed by atoms with Gasteiger partial charge in [0.15, 0.2) is 5.96 Å². The predicted molar refractivity (Wildman–Crippen MR) is 87.2 cm³/mol. The summed E-state index contributed by atoms with van der Waals surface area (Å²) in [7, 11) is 1.99. The molecule has 0 atom stereocenters. The van der Waals surface area contributed by atoms with E-state index in [9.17, 15) is 13.2 Å². The molecule has 2 N–H and O–H groups in total. The molecule has 0 radical (unpaired) electrons. The van der Waals surface area contributed by atoms with E-state index in [0.29, 0.717) is 31.5 Å². The lowest BCUT2D eigenvalue weighted by Crippen LogP contribution is -2.46. The number of carbonyl (C=O) groups excluding carboxylic acids is 1. The number of hydrogen-bond acceptors (Lipinski definition) is 4. The van der Waals surface area contributed by atoms with Gasteiger partial charge in [0.25, 0.3) is 0 Å². The Morgan fingerprint density at radius 2 is 1.86 bits per heavy atom. The van der Waals surface area contributed by atoms with E-state index in [1.165, 1.54) is 15.5 Å². The van der Waals surface area contributed by atoms with E-state index < -0.39 is 10.0 Å². The van der Waals surface area contributed by atoms with Gasteiger partial charge in [-0.05, 0) is 18.8 Å². The molecule has 0 aromatic rings. The van der Waals surface area contributed by atoms with E-state index in [1.54, 1.807) is 21.1 Å². The van der Waals surface area contributed by atoms with Gasteiger partial charge in [-0.15, -0.1) is 0 Å². The quantitative estimate of drug-likeness (QED) is 0.493. The number of piperidine rings is 1. The lowest BCUT2D eigenvalue weighted by molar-refractivity contribution is -0.127. The number of rotatable bonds is 5. The second-order valence-electron chi connectivity index (χ2n) is 5.70. The molecule has 1 amide bonds. The average molecular weight is 333 g/mol. The van der Waals surface area contributed by atoms with Crippen molar-refractivity contribution in [2.24, 2.45) is 10.9 Å². The van der Waals surface area contributed by atoms with Gasteiger partial charge < -0.3 is 15.5 Å². The first-order valence-corrected chi connectivity index (χ1v) is 9.18. The Labute approximate surface area is 133 Å². The molecule has 0 aliphatic carbocycles. The smallest absolute Gasteiger partial charge is 0.241 e. The van der Waals surface area contributed by atoms with E-state index in [4.69, 9.17) is 0 Å². The zero-order chi connectivity index (χ0) is 16.8. The van der Waals surface area contributed by atoms with Gasteiger partial charge in [0, 0.05) is 40.8 Å². The Hall–Kier alpha value is -1.35. The van der Waals surface area contributed by atoms with Crippen LogP contribution in [-0.2, 0) is 14.8 Å². The number of aliphatic imine (C=N–C) groups is 1. The zero-order valence-electron chi connectivity index (χ0n) is 13.8. The number of nitrogens with one attached hydrogen (secondary N) is 2. The van der Waals surface area contributed by atoms with Gasteiger partial charge in [-0.25, -0.2) is 12.7 Å². The minimum atomic E-state index is -3.08. The van der Waals surface area contributed by atoms with Gasteiger partial charge in [-0.3, -0.25) is 9.79 Å². The largest absolute Gasteiger partial charge is 0.356 e. The van der Waals surface area contributed by atoms with Crippen molar-refractivity contribution in [3.8, 4) is 0 Å². The minimum Gasteiger partial charge on any atom is -0.356 e. The van der Waals surface area contributed by atoms with Crippen LogP contribution in [0.1, 0.15) is 12.8 Å². The normalized spacial score (nSPS) is 18.1. The van der Waals surface area contributed by atoms with Crippen LogP contribution in [0.15, 0.2) is 4.99 Å². The molecule has 0 unspecified atom stereocenters. The van der Waals surface area contributed by atoms with Crippen LogP contribution in [0.2, 0.25) is 0 Å². The van der Waals surface area contributed by atoms with Gasteiger partial charge in [0.1, 0.15) is 0 Å². The maximum Gasteiger partial charge on any atom is 0.241 e. The van der Waals surface area contributed by atoms with Crippen LogP contribution in [0.25, 0.3) is 0 Å². The van der Waals surface area contributed by atoms with Gasteiger partial charge in [0.05, 0.1) is 12.8 Å². The molecule has 1 aliphatic rings. The fraction of sp³-hybridized carbons (Fsp3) is 0.846. The van der Waals surface area contributed by atoms with Crippen LogP contribution in [0, 0.1) is 5.92 Å². The zero-order valence-corrected chi connectivity index (χ0v) is 14.6. The second-order valence-corrected chi connectivity index (χ2v) is 7.68. The molecule has 0 spiro atoms. The Morgan fingerprint density at radius 1 is 1.27 bits per heavy atom. The summed E-state index contributed by atoms with van der Waals surface area (Å²) in [5, 5.41) is 6.15. The summed E-state index contributed by atoms with van der Waals surface area (Å²) in [6.45, 7) is 2.04. The third kappa shape index (κ3) is 6.18. The standard InChI is InChI=1S/C13H27N5O3S/c1-14-13(16-10-12(19)17(2)3)15-9-11-5-7-18(8-6-11)22(4,20)21/h11H,5-10H2,1-4H3,(H2,14,15,16). The monoisotopic (exact) mass is 333 g/mol. The first kappa shape index (κ1) is 18.7. The number of carbonyl (C=O) groups is 1. The van der Waals surface area contributed by atoms with Gasteiger partial charge in [0.2, 0.25) is 15.9 Å². The van der Waals surface area contributed by atoms with Crippen molar-refractivity contribution in [1.82, 2.24) is 19.8 Å². The number of guanidine groups is 1. The summed E-state index contributed by atoms with van der Waals surface area (Å²) in [4.78, 5) is 17.1. The average Bonchev–Trinajstić information content (AvgIpc) is 2.46. The summed E-state index contributed by atoms with van der Waals surface area (Å²) >= 11 is 0. The fourth-order valence-corrected chi connectivity index (χ4v) is 3.10. The fourth-order valence-electron chi connectivity index (χ4n) is 2.22. The molecular weight excluding hydrogens is 306 g/mol. The molecular formula is C13H27N5O3S. The first-order valence-electron chi connectivity index (χ1n) is 7.33. The van der Waals surface area contributed by atoms with Crippen LogP contribution < -0.4 is 10.6 Å². The molecule has 22 heavy (non-hydrogen) atoms. The first-order chi connectivity index (χ1) is 10.2. The molecule has 0 aromatic heterocycles. The van der Waals surface area contributed by atoms with Gasteiger partial charge in [-0.1, -0.05) is 0 Å². The summed E-state index contributed by atoms with van der Waals surface area (Å²) in [6.07, 6.45) is 2.90. The Kier molecular flexibility index (Phi) is 7.08. The number of nitrogens with zero attached hydrogens (tertiary/aromatic N) is 3. The second kappa shape index (κ2) is 8.33. The highest BCUT2D eigenvalue weighted by Crippen LogP contribution is 2.18. The molecule has 8 nitrogen and oxygen atoms in total. The molecule has 1 aliphatic heterocycles. The van der Waals surface area contributed by atoms with E-state index in [0.717, 1.165) is 12.8 Å². The van der Waals surface area contributed by atoms with Crippen molar-refractivity contribution in [3.63, 3.8) is 0 Å². The SMILES string of the molecule is CN=C(NCC(=O)N(C)C)NCC1CCN(S(C)(=O)=O)CC1. The van der Waals surface area contributed by atoms with Crippen molar-refractivity contribution in [1.29, 1.82) is 0 Å². The lowest BCUT2D eigenvalue weighted by Gasteiger charge is -2.30. The number of hydrogen-bond donors (Lipinski definition) is 2. The van der Waals surface area contributed by atoms with Crippen LogP contribution in [0.5, 0.6) is 0 Å². The molecule has 0 aromatic carbocycles. The lowest BCUT2D eigenvalue weighted by atomic mass is 9.98. The van der Waals surface area contributed by atoms with Crippen molar-refractivity contribution >= 4 is 21.9 Å². The van der Waals surface area contributed by atoms with Crippen molar-refractivity contribution < 1.29 is 13.2 Å². The molecule has 1 heterocycles. The van der Waals surface area contributed by atoms with Crippen LogP contribution in [0.3, 0.4) is 0 Å². The number of amides is 1. The predicted octanol–water partition coefficient (Wildman–Crippen LogP) is -1.09. The molecule has 9 heteroatoms. The molecule has 128 valence electrons. The van der Waals surface area contributed by atoms with Crippen molar-refractivity contribution in [3.05, 3.63) is 0 Å². The summed E-state index contributed by atoms with van der Waals surface area (Å²) in [5.41, 5.74) is 0. The molecule has 1 fully saturated rings. The third-order valence-electron chi connectivity index (χ3n) is 3.73. The summed E-state index contributed by atoms with van der Waals surface area (Å²) in [5.74, 6) is 0.964. The number of sulfonamides is 1. The van der Waals surface area contributed by atoms with E-state index in [-0.39, 0.29) is 12.5 Å². The van der Waals surface area contributed by atoms with Gasteiger partial charge in [-0.2, -0.15) is 0 Å². The van der Waals surface area contributed by atoms with E-state index in [2.05, 4.69) is 15.6 Å². The maximum atomic E-state index is 11.5.